The summed E-state index contributed by atoms with van der Waals surface area (Å²) in [7, 11) is 0. The lowest BCUT2D eigenvalue weighted by Crippen LogP contribution is -2.47. The van der Waals surface area contributed by atoms with Crippen molar-refractivity contribution in [3.05, 3.63) is 64.5 Å². The molecule has 1 N–H and O–H groups in total. The fraction of sp³-hybridized carbons (Fsp3) is 0.318. The third-order valence-electron chi connectivity index (χ3n) is 5.30. The minimum atomic E-state index is -0.844. The van der Waals surface area contributed by atoms with Crippen molar-refractivity contribution >= 4 is 33.1 Å². The van der Waals surface area contributed by atoms with E-state index in [0.717, 1.165) is 54.9 Å². The van der Waals surface area contributed by atoms with E-state index in [2.05, 4.69) is 47.1 Å². The molecule has 3 aromatic rings. The molecule has 27 heavy (non-hydrogen) atoms. The minimum Gasteiger partial charge on any atom is -0.477 e. The highest BCUT2D eigenvalue weighted by molar-refractivity contribution is 7.20. The van der Waals surface area contributed by atoms with E-state index >= 15 is 0 Å². The Bertz CT molecular complexity index is 941. The Morgan fingerprint density at radius 3 is 2.52 bits per heavy atom. The quantitative estimate of drug-likeness (QED) is 0.718. The summed E-state index contributed by atoms with van der Waals surface area (Å²) in [5, 5.41) is 10.3. The molecule has 0 amide bonds. The van der Waals surface area contributed by atoms with Crippen LogP contribution in [0.1, 0.15) is 20.8 Å². The van der Waals surface area contributed by atoms with Crippen molar-refractivity contribution in [3.8, 4) is 0 Å². The molecule has 2 aromatic carbocycles. The highest BCUT2D eigenvalue weighted by atomic mass is 32.1. The Kier molecular flexibility index (Phi) is 5.14. The van der Waals surface area contributed by atoms with Crippen LogP contribution < -0.4 is 4.90 Å². The van der Waals surface area contributed by atoms with Gasteiger partial charge in [-0.1, -0.05) is 35.9 Å². The Labute approximate surface area is 163 Å². The first-order valence-electron chi connectivity index (χ1n) is 9.39. The molecule has 0 unspecified atom stereocenters. The highest BCUT2D eigenvalue weighted by Crippen LogP contribution is 2.33. The fourth-order valence-corrected chi connectivity index (χ4v) is 4.60. The zero-order valence-electron chi connectivity index (χ0n) is 15.5. The second-order valence-electron chi connectivity index (χ2n) is 7.17. The molecular formula is C22H24N2O2S. The van der Waals surface area contributed by atoms with E-state index in [9.17, 15) is 9.90 Å². The van der Waals surface area contributed by atoms with Crippen LogP contribution in [0, 0.1) is 6.92 Å². The lowest BCUT2D eigenvalue weighted by atomic mass is 10.1. The molecule has 1 aliphatic heterocycles. The Morgan fingerprint density at radius 1 is 1.07 bits per heavy atom. The van der Waals surface area contributed by atoms with Gasteiger partial charge in [-0.05, 0) is 37.1 Å². The summed E-state index contributed by atoms with van der Waals surface area (Å²) in [6.07, 6.45) is 1.09. The number of carboxylic acids is 1. The van der Waals surface area contributed by atoms with E-state index in [-0.39, 0.29) is 0 Å². The van der Waals surface area contributed by atoms with Crippen LogP contribution in [0.5, 0.6) is 0 Å². The molecule has 1 fully saturated rings. The number of nitrogens with zero attached hydrogens (tertiary/aromatic N) is 2. The number of aromatic carboxylic acids is 1. The van der Waals surface area contributed by atoms with Crippen molar-refractivity contribution in [1.29, 1.82) is 0 Å². The number of anilines is 1. The van der Waals surface area contributed by atoms with Gasteiger partial charge in [0.2, 0.25) is 0 Å². The molecule has 4 rings (SSSR count). The summed E-state index contributed by atoms with van der Waals surface area (Å²) in [6, 6.07) is 16.8. The third-order valence-corrected chi connectivity index (χ3v) is 6.39. The maximum absolute atomic E-state index is 11.3. The van der Waals surface area contributed by atoms with Crippen LogP contribution in [0.2, 0.25) is 0 Å². The lowest BCUT2D eigenvalue weighted by molar-refractivity contribution is 0.0702. The normalized spacial score (nSPS) is 15.4. The first-order chi connectivity index (χ1) is 13.1. The van der Waals surface area contributed by atoms with Crippen molar-refractivity contribution < 1.29 is 9.90 Å². The summed E-state index contributed by atoms with van der Waals surface area (Å²) in [6.45, 7) is 7.24. The molecule has 4 nitrogen and oxygen atoms in total. The van der Waals surface area contributed by atoms with E-state index in [0.29, 0.717) is 4.88 Å². The second-order valence-corrected chi connectivity index (χ2v) is 8.25. The molecular weight excluding hydrogens is 356 g/mol. The molecule has 1 saturated heterocycles. The van der Waals surface area contributed by atoms with Crippen molar-refractivity contribution in [2.75, 3.05) is 37.6 Å². The maximum atomic E-state index is 11.3. The summed E-state index contributed by atoms with van der Waals surface area (Å²) in [5.41, 5.74) is 3.86. The van der Waals surface area contributed by atoms with Gasteiger partial charge in [-0.25, -0.2) is 4.79 Å². The van der Waals surface area contributed by atoms with E-state index < -0.39 is 5.97 Å². The number of piperazine rings is 1. The third kappa shape index (κ3) is 3.99. The van der Waals surface area contributed by atoms with Crippen LogP contribution in [0.25, 0.3) is 10.1 Å². The minimum absolute atomic E-state index is 0.411. The molecule has 0 spiro atoms. The number of hydrogen-bond donors (Lipinski definition) is 1. The van der Waals surface area contributed by atoms with Crippen LogP contribution >= 0.6 is 11.3 Å². The number of benzene rings is 2. The van der Waals surface area contributed by atoms with Gasteiger partial charge < -0.3 is 10.0 Å². The maximum Gasteiger partial charge on any atom is 0.345 e. The Morgan fingerprint density at radius 2 is 1.81 bits per heavy atom. The molecule has 140 valence electrons. The van der Waals surface area contributed by atoms with Crippen molar-refractivity contribution in [2.24, 2.45) is 0 Å². The zero-order valence-corrected chi connectivity index (χ0v) is 16.3. The average Bonchev–Trinajstić information content (AvgIpc) is 3.13. The Hall–Kier alpha value is -2.37. The summed E-state index contributed by atoms with van der Waals surface area (Å²) in [4.78, 5) is 16.6. The van der Waals surface area contributed by atoms with Gasteiger partial charge in [-0.15, -0.1) is 11.3 Å². The molecule has 1 aliphatic rings. The largest absolute Gasteiger partial charge is 0.477 e. The molecule has 0 atom stereocenters. The molecule has 2 heterocycles. The summed E-state index contributed by atoms with van der Waals surface area (Å²) in [5.74, 6) is -0.844. The molecule has 5 heteroatoms. The fourth-order valence-electron chi connectivity index (χ4n) is 3.68. The van der Waals surface area contributed by atoms with E-state index in [1.807, 2.05) is 18.2 Å². The zero-order chi connectivity index (χ0) is 18.8. The summed E-state index contributed by atoms with van der Waals surface area (Å²) < 4.78 is 1.05. The van der Waals surface area contributed by atoms with Crippen LogP contribution in [0.3, 0.4) is 0 Å². The van der Waals surface area contributed by atoms with Gasteiger partial charge in [0.25, 0.3) is 0 Å². The first kappa shape index (κ1) is 18.0. The van der Waals surface area contributed by atoms with Crippen molar-refractivity contribution in [3.63, 3.8) is 0 Å². The van der Waals surface area contributed by atoms with E-state index in [4.69, 9.17) is 0 Å². The molecule has 0 radical (unpaired) electrons. The van der Waals surface area contributed by atoms with Gasteiger partial charge >= 0.3 is 5.97 Å². The predicted molar refractivity (Wildman–Crippen MR) is 112 cm³/mol. The number of fused-ring (bicyclic) bond motifs is 1. The molecule has 0 bridgehead atoms. The van der Waals surface area contributed by atoms with Gasteiger partial charge in [0.15, 0.2) is 0 Å². The predicted octanol–water partition coefficient (Wildman–Crippen LogP) is 4.27. The van der Waals surface area contributed by atoms with Crippen LogP contribution in [0.4, 0.5) is 5.69 Å². The number of thiophene rings is 1. The molecule has 0 saturated carbocycles. The second kappa shape index (κ2) is 7.71. The van der Waals surface area contributed by atoms with Gasteiger partial charge in [-0.3, -0.25) is 4.90 Å². The molecule has 1 aromatic heterocycles. The van der Waals surface area contributed by atoms with E-state index in [1.165, 1.54) is 22.5 Å². The smallest absolute Gasteiger partial charge is 0.345 e. The standard InChI is InChI=1S/C22H24N2O2S/c1-16-5-7-17(8-6-16)9-10-23-11-13-24(14-12-23)19-3-2-4-20-18(19)15-21(27-20)22(25)26/h2-8,15H,9-14H2,1H3,(H,25,26). The van der Waals surface area contributed by atoms with Gasteiger partial charge in [0.1, 0.15) is 4.88 Å². The Balaban J connectivity index is 1.39. The monoisotopic (exact) mass is 380 g/mol. The first-order valence-corrected chi connectivity index (χ1v) is 10.2. The van der Waals surface area contributed by atoms with Crippen LogP contribution in [0.15, 0.2) is 48.5 Å². The topological polar surface area (TPSA) is 43.8 Å². The van der Waals surface area contributed by atoms with E-state index in [1.54, 1.807) is 0 Å². The van der Waals surface area contributed by atoms with Crippen LogP contribution in [-0.2, 0) is 6.42 Å². The summed E-state index contributed by atoms with van der Waals surface area (Å²) >= 11 is 1.35. The average molecular weight is 381 g/mol. The number of carboxylic acid groups (broad SMARTS) is 1. The SMILES string of the molecule is Cc1ccc(CCN2CCN(c3cccc4sc(C(=O)O)cc34)CC2)cc1. The van der Waals surface area contributed by atoms with Crippen molar-refractivity contribution in [1.82, 2.24) is 4.90 Å². The van der Waals surface area contributed by atoms with Crippen LogP contribution in [-0.4, -0.2) is 48.7 Å². The number of carbonyl (C=O) groups is 1. The van der Waals surface area contributed by atoms with Gasteiger partial charge in [0.05, 0.1) is 0 Å². The lowest BCUT2D eigenvalue weighted by Gasteiger charge is -2.36. The van der Waals surface area contributed by atoms with Crippen molar-refractivity contribution in [2.45, 2.75) is 13.3 Å². The molecule has 0 aliphatic carbocycles. The number of hydrogen-bond acceptors (Lipinski definition) is 4. The highest BCUT2D eigenvalue weighted by Gasteiger charge is 2.20. The number of rotatable bonds is 5. The van der Waals surface area contributed by atoms with Gasteiger partial charge in [0, 0.05) is 48.5 Å². The number of aryl methyl sites for hydroxylation is 1. The van der Waals surface area contributed by atoms with Gasteiger partial charge in [-0.2, -0.15) is 0 Å².